The van der Waals surface area contributed by atoms with Gasteiger partial charge in [0, 0.05) is 6.07 Å². The summed E-state index contributed by atoms with van der Waals surface area (Å²) >= 11 is 0. The number of aryl methyl sites for hydroxylation is 1. The number of nitrogens with zero attached hydrogens (tertiary/aromatic N) is 1. The van der Waals surface area contributed by atoms with Gasteiger partial charge in [0.1, 0.15) is 6.04 Å². The normalized spacial score (nSPS) is 13.1. The SMILES string of the molecule is Cc1cc(C(=O)NC(CCC(C)(C)C)C(=O)O)on1. The molecule has 2 N–H and O–H groups in total. The van der Waals surface area contributed by atoms with E-state index in [1.807, 2.05) is 20.8 Å². The van der Waals surface area contributed by atoms with Gasteiger partial charge in [-0.3, -0.25) is 4.79 Å². The van der Waals surface area contributed by atoms with Crippen LogP contribution >= 0.6 is 0 Å². The minimum Gasteiger partial charge on any atom is -0.480 e. The third-order valence-electron chi connectivity index (χ3n) is 2.64. The highest BCUT2D eigenvalue weighted by Crippen LogP contribution is 2.21. The molecule has 0 aliphatic rings. The maximum atomic E-state index is 11.8. The fourth-order valence-electron chi connectivity index (χ4n) is 1.53. The summed E-state index contributed by atoms with van der Waals surface area (Å²) in [5.74, 6) is -1.57. The Kier molecular flexibility index (Phi) is 4.69. The number of rotatable bonds is 5. The summed E-state index contributed by atoms with van der Waals surface area (Å²) in [5.41, 5.74) is 0.591. The molecule has 0 saturated heterocycles. The van der Waals surface area contributed by atoms with Crippen molar-refractivity contribution in [3.05, 3.63) is 17.5 Å². The van der Waals surface area contributed by atoms with Gasteiger partial charge in [0.2, 0.25) is 5.76 Å². The topological polar surface area (TPSA) is 92.4 Å². The third kappa shape index (κ3) is 5.11. The van der Waals surface area contributed by atoms with Gasteiger partial charge < -0.3 is 14.9 Å². The van der Waals surface area contributed by atoms with E-state index in [0.717, 1.165) is 0 Å². The van der Waals surface area contributed by atoms with Crippen molar-refractivity contribution < 1.29 is 19.2 Å². The van der Waals surface area contributed by atoms with Crippen LogP contribution in [0.4, 0.5) is 0 Å². The second-order valence-corrected chi connectivity index (χ2v) is 5.80. The molecule has 0 saturated carbocycles. The third-order valence-corrected chi connectivity index (χ3v) is 2.64. The molecule has 1 rings (SSSR count). The Balaban J connectivity index is 2.63. The van der Waals surface area contributed by atoms with E-state index in [4.69, 9.17) is 9.63 Å². The first kappa shape index (κ1) is 15.2. The number of hydrogen-bond acceptors (Lipinski definition) is 4. The molecule has 0 aliphatic heterocycles. The largest absolute Gasteiger partial charge is 0.480 e. The quantitative estimate of drug-likeness (QED) is 0.852. The van der Waals surface area contributed by atoms with Crippen molar-refractivity contribution >= 4 is 11.9 Å². The molecule has 1 heterocycles. The van der Waals surface area contributed by atoms with Crippen molar-refractivity contribution in [2.45, 2.75) is 46.6 Å². The van der Waals surface area contributed by atoms with Crippen LogP contribution in [0, 0.1) is 12.3 Å². The van der Waals surface area contributed by atoms with E-state index >= 15 is 0 Å². The summed E-state index contributed by atoms with van der Waals surface area (Å²) in [6.07, 6.45) is 1.07. The van der Waals surface area contributed by atoms with Crippen LogP contribution in [0.25, 0.3) is 0 Å². The monoisotopic (exact) mass is 268 g/mol. The lowest BCUT2D eigenvalue weighted by Crippen LogP contribution is -2.41. The maximum Gasteiger partial charge on any atom is 0.326 e. The molecule has 0 fully saturated rings. The summed E-state index contributed by atoms with van der Waals surface area (Å²) in [6.45, 7) is 7.75. The minimum absolute atomic E-state index is 0.0151. The molecule has 1 unspecified atom stereocenters. The number of hydrogen-bond donors (Lipinski definition) is 2. The molecule has 1 aromatic heterocycles. The van der Waals surface area contributed by atoms with Crippen LogP contribution in [0.3, 0.4) is 0 Å². The zero-order valence-electron chi connectivity index (χ0n) is 11.7. The van der Waals surface area contributed by atoms with E-state index in [2.05, 4.69) is 10.5 Å². The van der Waals surface area contributed by atoms with Crippen molar-refractivity contribution in [2.24, 2.45) is 5.41 Å². The molecule has 0 aliphatic carbocycles. The number of aliphatic carboxylic acids is 1. The van der Waals surface area contributed by atoms with Gasteiger partial charge in [0.05, 0.1) is 5.69 Å². The molecule has 0 bridgehead atoms. The lowest BCUT2D eigenvalue weighted by Gasteiger charge is -2.21. The maximum absolute atomic E-state index is 11.8. The second kappa shape index (κ2) is 5.86. The van der Waals surface area contributed by atoms with Gasteiger partial charge in [-0.1, -0.05) is 25.9 Å². The highest BCUT2D eigenvalue weighted by atomic mass is 16.5. The summed E-state index contributed by atoms with van der Waals surface area (Å²) in [4.78, 5) is 22.9. The van der Waals surface area contributed by atoms with E-state index < -0.39 is 17.9 Å². The highest BCUT2D eigenvalue weighted by Gasteiger charge is 2.24. The fraction of sp³-hybridized carbons (Fsp3) is 0.615. The first-order valence-electron chi connectivity index (χ1n) is 6.16. The van der Waals surface area contributed by atoms with Crippen LogP contribution in [0.15, 0.2) is 10.6 Å². The smallest absolute Gasteiger partial charge is 0.326 e. The molecule has 1 amide bonds. The molecule has 1 atom stereocenters. The van der Waals surface area contributed by atoms with Crippen molar-refractivity contribution in [1.82, 2.24) is 10.5 Å². The van der Waals surface area contributed by atoms with E-state index in [-0.39, 0.29) is 11.2 Å². The van der Waals surface area contributed by atoms with Gasteiger partial charge in [0.15, 0.2) is 0 Å². The van der Waals surface area contributed by atoms with E-state index in [1.165, 1.54) is 6.07 Å². The Morgan fingerprint density at radius 1 is 1.47 bits per heavy atom. The van der Waals surface area contributed by atoms with Crippen LogP contribution in [-0.2, 0) is 4.79 Å². The minimum atomic E-state index is -1.05. The summed E-state index contributed by atoms with van der Waals surface area (Å²) < 4.78 is 4.80. The summed E-state index contributed by atoms with van der Waals surface area (Å²) in [5, 5.41) is 15.1. The lowest BCUT2D eigenvalue weighted by molar-refractivity contribution is -0.139. The van der Waals surface area contributed by atoms with Crippen LogP contribution in [0.2, 0.25) is 0 Å². The van der Waals surface area contributed by atoms with Gasteiger partial charge in [-0.15, -0.1) is 0 Å². The molecular formula is C13H20N2O4. The zero-order valence-corrected chi connectivity index (χ0v) is 11.7. The molecular weight excluding hydrogens is 248 g/mol. The Morgan fingerprint density at radius 3 is 2.53 bits per heavy atom. The first-order valence-corrected chi connectivity index (χ1v) is 6.16. The second-order valence-electron chi connectivity index (χ2n) is 5.80. The van der Waals surface area contributed by atoms with E-state index in [0.29, 0.717) is 18.5 Å². The number of carboxylic acids is 1. The number of aromatic nitrogens is 1. The standard InChI is InChI=1S/C13H20N2O4/c1-8-7-10(19-15-8)11(16)14-9(12(17)18)5-6-13(2,3)4/h7,9H,5-6H2,1-4H3,(H,14,16)(H,17,18). The molecule has 0 radical (unpaired) electrons. The van der Waals surface area contributed by atoms with Crippen molar-refractivity contribution in [1.29, 1.82) is 0 Å². The van der Waals surface area contributed by atoms with Gasteiger partial charge in [-0.05, 0) is 25.2 Å². The number of carbonyl (C=O) groups is 2. The molecule has 6 nitrogen and oxygen atoms in total. The number of carboxylic acid groups (broad SMARTS) is 1. The Labute approximate surface area is 112 Å². The van der Waals surface area contributed by atoms with Crippen LogP contribution < -0.4 is 5.32 Å². The predicted molar refractivity (Wildman–Crippen MR) is 68.8 cm³/mol. The zero-order chi connectivity index (χ0) is 14.6. The van der Waals surface area contributed by atoms with Crippen LogP contribution in [0.1, 0.15) is 49.9 Å². The molecule has 0 aromatic carbocycles. The molecule has 1 aromatic rings. The number of amides is 1. The molecule has 106 valence electrons. The Bertz CT molecular complexity index is 459. The van der Waals surface area contributed by atoms with Crippen LogP contribution in [-0.4, -0.2) is 28.2 Å². The first-order chi connectivity index (χ1) is 8.69. The van der Waals surface area contributed by atoms with Gasteiger partial charge in [-0.2, -0.15) is 0 Å². The molecule has 6 heteroatoms. The fourth-order valence-corrected chi connectivity index (χ4v) is 1.53. The van der Waals surface area contributed by atoms with E-state index in [1.54, 1.807) is 6.92 Å². The van der Waals surface area contributed by atoms with Crippen LogP contribution in [0.5, 0.6) is 0 Å². The van der Waals surface area contributed by atoms with Gasteiger partial charge in [0.25, 0.3) is 5.91 Å². The van der Waals surface area contributed by atoms with Crippen molar-refractivity contribution in [3.8, 4) is 0 Å². The number of nitrogens with one attached hydrogen (secondary N) is 1. The van der Waals surface area contributed by atoms with Gasteiger partial charge >= 0.3 is 5.97 Å². The Morgan fingerprint density at radius 2 is 2.11 bits per heavy atom. The molecule has 0 spiro atoms. The van der Waals surface area contributed by atoms with Crippen molar-refractivity contribution in [3.63, 3.8) is 0 Å². The average molecular weight is 268 g/mol. The predicted octanol–water partition coefficient (Wildman–Crippen LogP) is 1.99. The number of carbonyl (C=O) groups excluding carboxylic acids is 1. The van der Waals surface area contributed by atoms with Gasteiger partial charge in [-0.25, -0.2) is 4.79 Å². The highest BCUT2D eigenvalue weighted by molar-refractivity contribution is 5.94. The van der Waals surface area contributed by atoms with E-state index in [9.17, 15) is 9.59 Å². The molecule has 19 heavy (non-hydrogen) atoms. The lowest BCUT2D eigenvalue weighted by atomic mass is 9.88. The van der Waals surface area contributed by atoms with Crippen molar-refractivity contribution in [2.75, 3.05) is 0 Å². The summed E-state index contributed by atoms with van der Waals surface area (Å²) in [7, 11) is 0. The average Bonchev–Trinajstić information content (AvgIpc) is 2.69. The summed E-state index contributed by atoms with van der Waals surface area (Å²) in [6, 6.07) is 0.551. The Hall–Kier alpha value is -1.85.